The molecule has 1 atom stereocenters. The van der Waals surface area contributed by atoms with Crippen molar-refractivity contribution in [3.8, 4) is 0 Å². The fourth-order valence-corrected chi connectivity index (χ4v) is 4.67. The van der Waals surface area contributed by atoms with Gasteiger partial charge in [0.15, 0.2) is 0 Å². The van der Waals surface area contributed by atoms with Crippen molar-refractivity contribution in [2.24, 2.45) is 10.7 Å². The molecule has 1 heterocycles. The number of nitrogens with zero attached hydrogens (tertiary/aromatic N) is 2. The summed E-state index contributed by atoms with van der Waals surface area (Å²) >= 11 is 0. The number of fused-ring (bicyclic) bond motifs is 3. The normalized spacial score (nSPS) is 17.9. The quantitative estimate of drug-likeness (QED) is 0.378. The Bertz CT molecular complexity index is 1250. The van der Waals surface area contributed by atoms with Crippen molar-refractivity contribution in [1.82, 2.24) is 0 Å². The fourth-order valence-electron chi connectivity index (χ4n) is 4.67. The summed E-state index contributed by atoms with van der Waals surface area (Å²) in [6.45, 7) is 2.76. The third-order valence-corrected chi connectivity index (χ3v) is 6.32. The van der Waals surface area contributed by atoms with Crippen molar-refractivity contribution in [1.29, 1.82) is 0 Å². The Hall–Kier alpha value is -3.85. The van der Waals surface area contributed by atoms with E-state index in [0.29, 0.717) is 6.54 Å². The predicted molar refractivity (Wildman–Crippen MR) is 140 cm³/mol. The maximum atomic E-state index is 6.60. The van der Waals surface area contributed by atoms with Crippen LogP contribution in [0.25, 0.3) is 11.3 Å². The van der Waals surface area contributed by atoms with Gasteiger partial charge < -0.3 is 10.6 Å². The average molecular weight is 432 g/mol. The third kappa shape index (κ3) is 4.40. The van der Waals surface area contributed by atoms with Gasteiger partial charge in [0, 0.05) is 17.3 Å². The number of hydrogen-bond acceptors (Lipinski definition) is 2. The first-order chi connectivity index (χ1) is 16.2. The Balaban J connectivity index is 1.63. The zero-order valence-electron chi connectivity index (χ0n) is 19.0. The lowest BCUT2D eigenvalue weighted by Gasteiger charge is -2.28. The van der Waals surface area contributed by atoms with E-state index in [9.17, 15) is 0 Å². The molecule has 0 radical (unpaired) electrons. The first-order valence-electron chi connectivity index (χ1n) is 11.6. The number of aryl methyl sites for hydroxylation is 1. The van der Waals surface area contributed by atoms with Crippen LogP contribution in [-0.2, 0) is 6.54 Å². The summed E-state index contributed by atoms with van der Waals surface area (Å²) in [6, 6.07) is 27.5. The van der Waals surface area contributed by atoms with Crippen LogP contribution in [0.1, 0.15) is 35.1 Å². The second kappa shape index (κ2) is 9.33. The van der Waals surface area contributed by atoms with Crippen molar-refractivity contribution in [3.63, 3.8) is 0 Å². The summed E-state index contributed by atoms with van der Waals surface area (Å²) in [5.74, 6) is 0.903. The highest BCUT2D eigenvalue weighted by Crippen LogP contribution is 2.44. The molecular weight excluding hydrogens is 402 g/mol. The molecule has 33 heavy (non-hydrogen) atoms. The molecule has 164 valence electrons. The smallest absolute Gasteiger partial charge is 0.130 e. The maximum Gasteiger partial charge on any atom is 0.130 e. The second-order valence-electron chi connectivity index (χ2n) is 8.66. The summed E-state index contributed by atoms with van der Waals surface area (Å²) in [4.78, 5) is 7.52. The molecule has 2 N–H and O–H groups in total. The van der Waals surface area contributed by atoms with Crippen LogP contribution >= 0.6 is 0 Å². The minimum absolute atomic E-state index is 0.242. The Kier molecular flexibility index (Phi) is 5.95. The zero-order chi connectivity index (χ0) is 22.6. The molecule has 1 aliphatic heterocycles. The minimum Gasteiger partial charge on any atom is -0.398 e. The molecular formula is C30H29N3. The molecule has 3 aromatic carbocycles. The van der Waals surface area contributed by atoms with Crippen molar-refractivity contribution in [3.05, 3.63) is 125 Å². The number of aliphatic imine (C=N–C) groups is 1. The van der Waals surface area contributed by atoms with Gasteiger partial charge in [0.1, 0.15) is 5.84 Å². The summed E-state index contributed by atoms with van der Waals surface area (Å²) in [7, 11) is 0. The highest BCUT2D eigenvalue weighted by Gasteiger charge is 2.36. The van der Waals surface area contributed by atoms with Crippen molar-refractivity contribution in [2.45, 2.75) is 32.4 Å². The van der Waals surface area contributed by atoms with Gasteiger partial charge in [0.2, 0.25) is 0 Å². The van der Waals surface area contributed by atoms with Crippen LogP contribution in [0.4, 0.5) is 5.69 Å². The number of nitrogens with two attached hydrogens (primary N) is 1. The average Bonchev–Trinajstić information content (AvgIpc) is 2.98. The molecule has 0 aromatic heterocycles. The molecule has 1 unspecified atom stereocenters. The summed E-state index contributed by atoms with van der Waals surface area (Å²) < 4.78 is 0. The van der Waals surface area contributed by atoms with E-state index < -0.39 is 0 Å². The second-order valence-corrected chi connectivity index (χ2v) is 8.66. The van der Waals surface area contributed by atoms with E-state index in [-0.39, 0.29) is 6.04 Å². The SMILES string of the molecule is Cc1ccc2c(c1)C1=CC=CCCC1N2C(/C=C(\N)c1ccccc1)=NCc1ccccc1. The van der Waals surface area contributed by atoms with Crippen molar-refractivity contribution < 1.29 is 0 Å². The molecule has 0 saturated heterocycles. The predicted octanol–water partition coefficient (Wildman–Crippen LogP) is 6.52. The number of amidine groups is 1. The Morgan fingerprint density at radius 3 is 2.58 bits per heavy atom. The molecule has 3 nitrogen and oxygen atoms in total. The number of benzene rings is 3. The van der Waals surface area contributed by atoms with Gasteiger partial charge in [-0.15, -0.1) is 0 Å². The van der Waals surface area contributed by atoms with Crippen LogP contribution in [0, 0.1) is 6.92 Å². The van der Waals surface area contributed by atoms with Crippen molar-refractivity contribution >= 4 is 22.8 Å². The Labute approximate surface area is 196 Å². The molecule has 0 amide bonds. The fraction of sp³-hybridized carbons (Fsp3) is 0.167. The summed E-state index contributed by atoms with van der Waals surface area (Å²) in [5, 5.41) is 0. The largest absolute Gasteiger partial charge is 0.398 e. The lowest BCUT2D eigenvalue weighted by molar-refractivity contribution is 0.754. The molecule has 3 heteroatoms. The molecule has 5 rings (SSSR count). The highest BCUT2D eigenvalue weighted by molar-refractivity contribution is 6.14. The third-order valence-electron chi connectivity index (χ3n) is 6.32. The van der Waals surface area contributed by atoms with Crippen LogP contribution in [-0.4, -0.2) is 11.9 Å². The lowest BCUT2D eigenvalue weighted by atomic mass is 9.99. The van der Waals surface area contributed by atoms with Crippen LogP contribution in [0.3, 0.4) is 0 Å². The summed E-state index contributed by atoms with van der Waals surface area (Å²) in [6.07, 6.45) is 10.9. The molecule has 2 aliphatic rings. The van der Waals surface area contributed by atoms with Gasteiger partial charge in [-0.25, -0.2) is 0 Å². The minimum atomic E-state index is 0.242. The van der Waals surface area contributed by atoms with Crippen LogP contribution in [0.15, 0.2) is 108 Å². The monoisotopic (exact) mass is 431 g/mol. The molecule has 0 bridgehead atoms. The number of hydrogen-bond donors (Lipinski definition) is 1. The van der Waals surface area contributed by atoms with E-state index >= 15 is 0 Å². The van der Waals surface area contributed by atoms with E-state index in [4.69, 9.17) is 10.7 Å². The highest BCUT2D eigenvalue weighted by atomic mass is 15.2. The standard InChI is InChI=1S/C30H29N3/c1-22-17-18-29-26(19-22)25-15-9-4-10-16-28(25)33(29)30(32-21-23-11-5-2-6-12-23)20-27(31)24-13-7-3-8-14-24/h2-9,11-15,17-20,28H,10,16,21,31H2,1H3/b27-20-,32-30?. The van der Waals surface area contributed by atoms with E-state index in [1.165, 1.54) is 28.0 Å². The maximum absolute atomic E-state index is 6.60. The van der Waals surface area contributed by atoms with Crippen LogP contribution in [0.2, 0.25) is 0 Å². The van der Waals surface area contributed by atoms with E-state index in [1.54, 1.807) is 0 Å². The molecule has 3 aromatic rings. The lowest BCUT2D eigenvalue weighted by Crippen LogP contribution is -2.36. The Morgan fingerprint density at radius 1 is 1.03 bits per heavy atom. The topological polar surface area (TPSA) is 41.6 Å². The van der Waals surface area contributed by atoms with Gasteiger partial charge in [0.05, 0.1) is 18.3 Å². The van der Waals surface area contributed by atoms with E-state index in [2.05, 4.69) is 72.5 Å². The van der Waals surface area contributed by atoms with Gasteiger partial charge in [0.25, 0.3) is 0 Å². The van der Waals surface area contributed by atoms with Gasteiger partial charge in [-0.1, -0.05) is 90.5 Å². The number of rotatable bonds is 4. The van der Waals surface area contributed by atoms with Gasteiger partial charge in [-0.2, -0.15) is 0 Å². The van der Waals surface area contributed by atoms with Crippen molar-refractivity contribution in [2.75, 3.05) is 4.90 Å². The molecule has 0 fully saturated rings. The van der Waals surface area contributed by atoms with E-state index in [0.717, 1.165) is 29.9 Å². The zero-order valence-corrected chi connectivity index (χ0v) is 19.0. The van der Waals surface area contributed by atoms with Gasteiger partial charge in [-0.3, -0.25) is 4.99 Å². The number of anilines is 1. The van der Waals surface area contributed by atoms with Gasteiger partial charge >= 0.3 is 0 Å². The van der Waals surface area contributed by atoms with Crippen LogP contribution < -0.4 is 10.6 Å². The van der Waals surface area contributed by atoms with Crippen LogP contribution in [0.5, 0.6) is 0 Å². The number of allylic oxidation sites excluding steroid dienone is 3. The summed E-state index contributed by atoms with van der Waals surface area (Å²) in [5.41, 5.74) is 14.6. The Morgan fingerprint density at radius 2 is 1.79 bits per heavy atom. The first-order valence-corrected chi connectivity index (χ1v) is 11.6. The molecule has 0 spiro atoms. The molecule has 1 aliphatic carbocycles. The van der Waals surface area contributed by atoms with E-state index in [1.807, 2.05) is 42.5 Å². The molecule has 0 saturated carbocycles. The first kappa shape index (κ1) is 21.0. The van der Waals surface area contributed by atoms with Gasteiger partial charge in [-0.05, 0) is 48.6 Å².